The quantitative estimate of drug-likeness (QED) is 0.179. The number of carbonyl (C=O) groups is 2. The van der Waals surface area contributed by atoms with Crippen molar-refractivity contribution in [2.24, 2.45) is 0 Å². The Hall–Kier alpha value is -4.46. The Balaban J connectivity index is 0.000000406. The summed E-state index contributed by atoms with van der Waals surface area (Å²) in [4.78, 5) is 19.1. The van der Waals surface area contributed by atoms with E-state index in [1.165, 1.54) is 50.3 Å². The highest BCUT2D eigenvalue weighted by atomic mass is 16.5. The number of ether oxygens (including phenoxy) is 1. The van der Waals surface area contributed by atoms with Crippen LogP contribution in [0.3, 0.4) is 0 Å². The van der Waals surface area contributed by atoms with E-state index in [0.717, 1.165) is 13.1 Å². The summed E-state index contributed by atoms with van der Waals surface area (Å²) in [5, 5.41) is 19.2. The first-order valence-corrected chi connectivity index (χ1v) is 13.1. The van der Waals surface area contributed by atoms with Crippen LogP contribution in [0.5, 0.6) is 0 Å². The van der Waals surface area contributed by atoms with Gasteiger partial charge in [-0.15, -0.1) is 0 Å². The van der Waals surface area contributed by atoms with Crippen LogP contribution in [-0.2, 0) is 20.9 Å². The molecule has 1 aliphatic carbocycles. The Morgan fingerprint density at radius 3 is 1.95 bits per heavy atom. The molecule has 0 amide bonds. The van der Waals surface area contributed by atoms with Crippen LogP contribution in [-0.4, -0.2) is 39.9 Å². The molecule has 0 atom stereocenters. The van der Waals surface area contributed by atoms with Gasteiger partial charge in [0.25, 0.3) is 0 Å². The summed E-state index contributed by atoms with van der Waals surface area (Å²) in [7, 11) is 0. The van der Waals surface area contributed by atoms with Crippen molar-refractivity contribution < 1.29 is 24.5 Å². The number of nitrogens with zero attached hydrogens (tertiary/aromatic N) is 1. The van der Waals surface area contributed by atoms with E-state index >= 15 is 0 Å². The van der Waals surface area contributed by atoms with E-state index < -0.39 is 11.9 Å². The third-order valence-corrected chi connectivity index (χ3v) is 6.72. The van der Waals surface area contributed by atoms with E-state index in [1.807, 2.05) is 0 Å². The Bertz CT molecular complexity index is 1450. The Labute approximate surface area is 234 Å². The van der Waals surface area contributed by atoms with Gasteiger partial charge in [-0.05, 0) is 66.3 Å². The molecule has 3 aromatic carbocycles. The molecule has 0 radical (unpaired) electrons. The van der Waals surface area contributed by atoms with Gasteiger partial charge in [0.1, 0.15) is 6.10 Å². The molecule has 7 nitrogen and oxygen atoms in total. The van der Waals surface area contributed by atoms with Gasteiger partial charge in [-0.1, -0.05) is 66.2 Å². The number of carboxylic acid groups (broad SMARTS) is 2. The van der Waals surface area contributed by atoms with Gasteiger partial charge < -0.3 is 24.8 Å². The van der Waals surface area contributed by atoms with Crippen molar-refractivity contribution in [3.63, 3.8) is 0 Å². The predicted octanol–water partition coefficient (Wildman–Crippen LogP) is 5.99. The molecule has 1 aromatic heterocycles. The molecule has 7 heteroatoms. The molecular weight excluding hydrogens is 504 g/mol. The lowest BCUT2D eigenvalue weighted by atomic mass is 10.0. The van der Waals surface area contributed by atoms with E-state index in [1.54, 1.807) is 0 Å². The van der Waals surface area contributed by atoms with Crippen molar-refractivity contribution >= 4 is 11.9 Å². The molecule has 0 aliphatic heterocycles. The van der Waals surface area contributed by atoms with Crippen molar-refractivity contribution in [1.29, 1.82) is 0 Å². The summed E-state index contributed by atoms with van der Waals surface area (Å²) in [6.07, 6.45) is 3.29. The number of aromatic nitrogens is 1. The Kier molecular flexibility index (Phi) is 9.32. The SMILES string of the molecule is Cc1cc(C)c(-n2cccc2CNCCOC2c3ccccc3-c3ccccc32)c(C)c1.O=C(O)C=CC(=O)O. The summed E-state index contributed by atoms with van der Waals surface area (Å²) in [6.45, 7) is 8.81. The van der Waals surface area contributed by atoms with Crippen LogP contribution in [0, 0.1) is 20.8 Å². The fourth-order valence-corrected chi connectivity index (χ4v) is 5.23. The number of aliphatic carboxylic acids is 2. The average Bonchev–Trinajstić information content (AvgIpc) is 3.50. The summed E-state index contributed by atoms with van der Waals surface area (Å²) < 4.78 is 8.68. The lowest BCUT2D eigenvalue weighted by Gasteiger charge is -2.17. The minimum absolute atomic E-state index is 0.0194. The maximum Gasteiger partial charge on any atom is 0.328 e. The molecule has 0 saturated heterocycles. The van der Waals surface area contributed by atoms with Crippen molar-refractivity contribution in [3.05, 3.63) is 125 Å². The molecule has 0 fully saturated rings. The molecule has 0 bridgehead atoms. The van der Waals surface area contributed by atoms with E-state index in [9.17, 15) is 9.59 Å². The van der Waals surface area contributed by atoms with Gasteiger partial charge in [-0.2, -0.15) is 0 Å². The number of aryl methyl sites for hydroxylation is 3. The van der Waals surface area contributed by atoms with Crippen LogP contribution < -0.4 is 5.32 Å². The van der Waals surface area contributed by atoms with Crippen LogP contribution in [0.15, 0.2) is 91.1 Å². The van der Waals surface area contributed by atoms with Gasteiger partial charge in [0, 0.05) is 37.1 Å². The summed E-state index contributed by atoms with van der Waals surface area (Å²) in [6, 6.07) is 26.0. The van der Waals surface area contributed by atoms with Gasteiger partial charge in [0.2, 0.25) is 0 Å². The van der Waals surface area contributed by atoms with Crippen molar-refractivity contribution in [2.75, 3.05) is 13.2 Å². The Morgan fingerprint density at radius 2 is 1.40 bits per heavy atom. The zero-order valence-electron chi connectivity index (χ0n) is 22.9. The number of hydrogen-bond acceptors (Lipinski definition) is 4. The normalized spacial score (nSPS) is 12.1. The third kappa shape index (κ3) is 6.75. The van der Waals surface area contributed by atoms with E-state index in [-0.39, 0.29) is 6.10 Å². The Morgan fingerprint density at radius 1 is 0.850 bits per heavy atom. The van der Waals surface area contributed by atoms with E-state index in [0.29, 0.717) is 18.8 Å². The second-order valence-electron chi connectivity index (χ2n) is 9.73. The second-order valence-corrected chi connectivity index (χ2v) is 9.73. The van der Waals surface area contributed by atoms with Gasteiger partial charge in [0.15, 0.2) is 0 Å². The zero-order chi connectivity index (χ0) is 28.6. The molecule has 0 spiro atoms. The number of nitrogens with one attached hydrogen (secondary N) is 1. The molecule has 1 heterocycles. The van der Waals surface area contributed by atoms with Gasteiger partial charge in [-0.25, -0.2) is 9.59 Å². The number of carboxylic acids is 2. The topological polar surface area (TPSA) is 101 Å². The first-order valence-electron chi connectivity index (χ1n) is 13.1. The first kappa shape index (κ1) is 28.5. The van der Waals surface area contributed by atoms with Gasteiger partial charge in [0.05, 0.1) is 12.3 Å². The van der Waals surface area contributed by atoms with Crippen LogP contribution in [0.2, 0.25) is 0 Å². The van der Waals surface area contributed by atoms with E-state index in [4.69, 9.17) is 14.9 Å². The molecule has 4 aromatic rings. The number of hydrogen-bond donors (Lipinski definition) is 3. The average molecular weight is 539 g/mol. The monoisotopic (exact) mass is 538 g/mol. The van der Waals surface area contributed by atoms with Crippen LogP contribution in [0.25, 0.3) is 16.8 Å². The molecular formula is C33H34N2O5. The second kappa shape index (κ2) is 13.1. The molecule has 0 unspecified atom stereocenters. The fraction of sp³-hybridized carbons (Fsp3) is 0.212. The maximum atomic E-state index is 9.55. The predicted molar refractivity (Wildman–Crippen MR) is 156 cm³/mol. The minimum atomic E-state index is -1.26. The molecule has 1 aliphatic rings. The summed E-state index contributed by atoms with van der Waals surface area (Å²) in [5.41, 5.74) is 11.6. The van der Waals surface area contributed by atoms with Crippen molar-refractivity contribution in [2.45, 2.75) is 33.4 Å². The highest BCUT2D eigenvalue weighted by Crippen LogP contribution is 2.44. The molecule has 206 valence electrons. The van der Waals surface area contributed by atoms with Crippen LogP contribution in [0.4, 0.5) is 0 Å². The largest absolute Gasteiger partial charge is 0.478 e. The standard InChI is InChI=1S/C29H30N2O.C4H4O4/c1-20-17-21(2)28(22(3)18-20)31-15-8-9-23(31)19-30-14-16-32-29-26-12-6-4-10-24(26)25-11-5-7-13-27(25)29;5-3(6)1-2-4(7)8/h4-13,15,17-18,29-30H,14,16,19H2,1-3H3;1-2H,(H,5,6)(H,7,8). The van der Waals surface area contributed by atoms with Crippen LogP contribution >= 0.6 is 0 Å². The highest BCUT2D eigenvalue weighted by molar-refractivity contribution is 5.89. The molecule has 0 saturated carbocycles. The maximum absolute atomic E-state index is 9.55. The smallest absolute Gasteiger partial charge is 0.328 e. The summed E-state index contributed by atoms with van der Waals surface area (Å²) >= 11 is 0. The number of fused-ring (bicyclic) bond motifs is 3. The fourth-order valence-electron chi connectivity index (χ4n) is 5.23. The lowest BCUT2D eigenvalue weighted by molar-refractivity contribution is -0.134. The molecule has 40 heavy (non-hydrogen) atoms. The molecule has 5 rings (SSSR count). The lowest BCUT2D eigenvalue weighted by Crippen LogP contribution is -2.22. The number of rotatable bonds is 9. The number of benzene rings is 3. The minimum Gasteiger partial charge on any atom is -0.478 e. The van der Waals surface area contributed by atoms with Crippen molar-refractivity contribution in [3.8, 4) is 16.8 Å². The summed E-state index contributed by atoms with van der Waals surface area (Å²) in [5.74, 6) is -2.51. The molecule has 3 N–H and O–H groups in total. The van der Waals surface area contributed by atoms with Crippen LogP contribution in [0.1, 0.15) is 39.6 Å². The van der Waals surface area contributed by atoms with Gasteiger partial charge >= 0.3 is 11.9 Å². The van der Waals surface area contributed by atoms with Gasteiger partial charge in [-0.3, -0.25) is 0 Å². The van der Waals surface area contributed by atoms with Crippen molar-refractivity contribution in [1.82, 2.24) is 9.88 Å². The zero-order valence-corrected chi connectivity index (χ0v) is 22.9. The van der Waals surface area contributed by atoms with E-state index in [2.05, 4.69) is 110 Å². The first-order chi connectivity index (χ1) is 19.3. The third-order valence-electron chi connectivity index (χ3n) is 6.72. The highest BCUT2D eigenvalue weighted by Gasteiger charge is 2.28.